The predicted octanol–water partition coefficient (Wildman–Crippen LogP) is 18.1. The third kappa shape index (κ3) is 6.91. The molecule has 334 valence electrons. The number of rotatable bonds is 6. The maximum atomic E-state index is 4.56. The van der Waals surface area contributed by atoms with Crippen molar-refractivity contribution in [1.82, 2.24) is 4.57 Å². The molecule has 3 aliphatic carbocycles. The lowest BCUT2D eigenvalue weighted by molar-refractivity contribution is 0.431. The summed E-state index contributed by atoms with van der Waals surface area (Å²) in [7, 11) is 0. The number of aromatic nitrogens is 1. The highest BCUT2D eigenvalue weighted by Gasteiger charge is 2.37. The lowest BCUT2D eigenvalue weighted by Gasteiger charge is -2.39. The van der Waals surface area contributed by atoms with Crippen LogP contribution in [-0.4, -0.2) is 4.57 Å². The first-order valence-electron chi connectivity index (χ1n) is 25.0. The number of fused-ring (bicyclic) bond motifs is 12. The van der Waals surface area contributed by atoms with Crippen LogP contribution in [0.4, 0.5) is 0 Å². The van der Waals surface area contributed by atoms with Gasteiger partial charge >= 0.3 is 0 Å². The Hall–Kier alpha value is -8.78. The number of hydrogen-bond donors (Lipinski definition) is 0. The van der Waals surface area contributed by atoms with Gasteiger partial charge in [0.1, 0.15) is 0 Å². The molecule has 0 N–H and O–H groups in total. The van der Waals surface area contributed by atoms with E-state index < -0.39 is 0 Å². The molecule has 71 heavy (non-hydrogen) atoms. The highest BCUT2D eigenvalue weighted by molar-refractivity contribution is 6.25. The van der Waals surface area contributed by atoms with Gasteiger partial charge in [-0.1, -0.05) is 213 Å². The monoisotopic (exact) mass is 903 g/mol. The minimum atomic E-state index is 0.260. The Labute approximate surface area is 414 Å². The molecule has 0 bridgehead atoms. The van der Waals surface area contributed by atoms with Crippen molar-refractivity contribution in [1.29, 1.82) is 0 Å². The van der Waals surface area contributed by atoms with E-state index in [0.717, 1.165) is 23.1 Å². The van der Waals surface area contributed by atoms with Gasteiger partial charge in [-0.2, -0.15) is 0 Å². The van der Waals surface area contributed by atoms with E-state index in [4.69, 9.17) is 0 Å². The molecule has 3 atom stereocenters. The fourth-order valence-electron chi connectivity index (χ4n) is 12.3. The molecule has 0 spiro atoms. The molecule has 1 aromatic heterocycles. The van der Waals surface area contributed by atoms with E-state index in [0.29, 0.717) is 11.8 Å². The standard InChI is InChI=1S/C70H49N/c1-45-38-53(46-16-4-2-5-17-46)39-54(43-64(45)48-18-6-3-7-19-48)47-28-30-49(31-29-47)65-42-52-20-8-9-21-56(52)66-40-50(32-35-62(65)66)51-33-37-70-68(41-51)63-26-14-15-27-69(63)71(70)55-34-36-61-59-24-11-10-22-57(59)58-23-12-13-25-60(58)67(61)44-55/h2-41,43-44,62,65-66H,1,42H2. The lowest BCUT2D eigenvalue weighted by atomic mass is 9.64. The molecule has 11 aromatic rings. The normalized spacial score (nSPS) is 17.7. The van der Waals surface area contributed by atoms with Crippen molar-refractivity contribution < 1.29 is 0 Å². The van der Waals surface area contributed by atoms with Crippen LogP contribution in [0.3, 0.4) is 0 Å². The Morgan fingerprint density at radius 3 is 1.73 bits per heavy atom. The average Bonchev–Trinajstić information content (AvgIpc) is 3.66. The molecule has 0 aliphatic heterocycles. The van der Waals surface area contributed by atoms with Crippen LogP contribution >= 0.6 is 0 Å². The van der Waals surface area contributed by atoms with E-state index in [-0.39, 0.29) is 5.92 Å². The van der Waals surface area contributed by atoms with E-state index in [2.05, 4.69) is 266 Å². The molecular weight excluding hydrogens is 855 g/mol. The first kappa shape index (κ1) is 41.2. The molecule has 3 aliphatic rings. The van der Waals surface area contributed by atoms with Gasteiger partial charge in [-0.05, 0) is 166 Å². The predicted molar refractivity (Wildman–Crippen MR) is 302 cm³/mol. The van der Waals surface area contributed by atoms with E-state index in [9.17, 15) is 0 Å². The second-order valence-electron chi connectivity index (χ2n) is 19.6. The van der Waals surface area contributed by atoms with Gasteiger partial charge in [0, 0.05) is 22.4 Å². The Morgan fingerprint density at radius 2 is 0.986 bits per heavy atom. The number of para-hydroxylation sites is 1. The molecule has 14 rings (SSSR count). The fourth-order valence-corrected chi connectivity index (χ4v) is 12.3. The zero-order valence-corrected chi connectivity index (χ0v) is 39.3. The van der Waals surface area contributed by atoms with Gasteiger partial charge in [-0.25, -0.2) is 0 Å². The van der Waals surface area contributed by atoms with Gasteiger partial charge in [0.15, 0.2) is 0 Å². The van der Waals surface area contributed by atoms with Crippen LogP contribution in [0.1, 0.15) is 50.8 Å². The SMILES string of the molecule is C=C1C=C(c2ccccc2)C=C(c2ccc(C3Cc4ccccc4C4C=C(c5ccc6c(c5)c5ccccc5n6-c5ccc6c7ccccc7c7ccccc7c6c5)C=CC43)cc2)C=C1c1ccccc1. The second kappa shape index (κ2) is 16.7. The Bertz CT molecular complexity index is 4100. The van der Waals surface area contributed by atoms with Crippen molar-refractivity contribution in [2.75, 3.05) is 0 Å². The van der Waals surface area contributed by atoms with Gasteiger partial charge in [0.2, 0.25) is 0 Å². The van der Waals surface area contributed by atoms with E-state index in [1.165, 1.54) is 110 Å². The summed E-state index contributed by atoms with van der Waals surface area (Å²) >= 11 is 0. The Kier molecular flexibility index (Phi) is 9.71. The van der Waals surface area contributed by atoms with Gasteiger partial charge in [-0.3, -0.25) is 0 Å². The summed E-state index contributed by atoms with van der Waals surface area (Å²) in [4.78, 5) is 0. The van der Waals surface area contributed by atoms with Crippen LogP contribution in [0.25, 0.3) is 82.1 Å². The summed E-state index contributed by atoms with van der Waals surface area (Å²) < 4.78 is 2.46. The topological polar surface area (TPSA) is 4.93 Å². The van der Waals surface area contributed by atoms with Crippen LogP contribution in [0.5, 0.6) is 0 Å². The third-order valence-corrected chi connectivity index (χ3v) is 15.7. The molecule has 0 saturated heterocycles. The molecular formula is C70H49N. The summed E-state index contributed by atoms with van der Waals surface area (Å²) in [5.41, 5.74) is 18.5. The molecule has 0 saturated carbocycles. The molecule has 10 aromatic carbocycles. The van der Waals surface area contributed by atoms with E-state index in [1.807, 2.05) is 0 Å². The first-order valence-corrected chi connectivity index (χ1v) is 25.0. The minimum absolute atomic E-state index is 0.260. The Morgan fingerprint density at radius 1 is 0.408 bits per heavy atom. The van der Waals surface area contributed by atoms with Crippen molar-refractivity contribution in [2.24, 2.45) is 5.92 Å². The molecule has 1 nitrogen and oxygen atoms in total. The number of nitrogens with zero attached hydrogens (tertiary/aromatic N) is 1. The first-order chi connectivity index (χ1) is 35.1. The summed E-state index contributed by atoms with van der Waals surface area (Å²) in [5.74, 6) is 0.938. The van der Waals surface area contributed by atoms with Gasteiger partial charge in [0.05, 0.1) is 11.0 Å². The molecule has 3 unspecified atom stereocenters. The minimum Gasteiger partial charge on any atom is -0.309 e. The number of allylic oxidation sites excluding steroid dienone is 11. The summed E-state index contributed by atoms with van der Waals surface area (Å²) in [6, 6.07) is 80.7. The zero-order chi connectivity index (χ0) is 47.0. The van der Waals surface area contributed by atoms with Crippen molar-refractivity contribution in [3.63, 3.8) is 0 Å². The molecule has 1 heterocycles. The van der Waals surface area contributed by atoms with E-state index >= 15 is 0 Å². The second-order valence-corrected chi connectivity index (χ2v) is 19.6. The third-order valence-electron chi connectivity index (χ3n) is 15.7. The largest absolute Gasteiger partial charge is 0.309 e. The van der Waals surface area contributed by atoms with Crippen LogP contribution in [-0.2, 0) is 6.42 Å². The highest BCUT2D eigenvalue weighted by Crippen LogP contribution is 2.50. The van der Waals surface area contributed by atoms with Crippen LogP contribution in [0.15, 0.2) is 267 Å². The molecule has 0 radical (unpaired) electrons. The maximum Gasteiger partial charge on any atom is 0.0541 e. The maximum absolute atomic E-state index is 4.56. The van der Waals surface area contributed by atoms with E-state index in [1.54, 1.807) is 0 Å². The van der Waals surface area contributed by atoms with Gasteiger partial charge in [-0.15, -0.1) is 0 Å². The average molecular weight is 904 g/mol. The molecule has 0 amide bonds. The van der Waals surface area contributed by atoms with Gasteiger partial charge in [0.25, 0.3) is 0 Å². The quantitative estimate of drug-likeness (QED) is 0.147. The van der Waals surface area contributed by atoms with Crippen molar-refractivity contribution >= 4 is 76.4 Å². The fraction of sp³-hybridized carbons (Fsp3) is 0.0571. The highest BCUT2D eigenvalue weighted by atomic mass is 15.0. The number of benzene rings is 10. The summed E-state index contributed by atoms with van der Waals surface area (Å²) in [5, 5.41) is 10.3. The van der Waals surface area contributed by atoms with Crippen molar-refractivity contribution in [2.45, 2.75) is 18.3 Å². The zero-order valence-electron chi connectivity index (χ0n) is 39.3. The number of hydrogen-bond acceptors (Lipinski definition) is 0. The van der Waals surface area contributed by atoms with Crippen LogP contribution in [0, 0.1) is 5.92 Å². The van der Waals surface area contributed by atoms with Gasteiger partial charge < -0.3 is 4.57 Å². The van der Waals surface area contributed by atoms with Crippen LogP contribution in [0.2, 0.25) is 0 Å². The molecule has 1 heteroatoms. The lowest BCUT2D eigenvalue weighted by Crippen LogP contribution is -2.27. The van der Waals surface area contributed by atoms with Crippen LogP contribution < -0.4 is 0 Å². The molecule has 0 fully saturated rings. The summed E-state index contributed by atoms with van der Waals surface area (Å²) in [6.07, 6.45) is 15.4. The van der Waals surface area contributed by atoms with Crippen molar-refractivity contribution in [3.8, 4) is 5.69 Å². The van der Waals surface area contributed by atoms with Crippen molar-refractivity contribution in [3.05, 3.63) is 306 Å². The smallest absolute Gasteiger partial charge is 0.0541 e. The summed E-state index contributed by atoms with van der Waals surface area (Å²) in [6.45, 7) is 4.56. The Balaban J connectivity index is 0.823.